The first-order valence-electron chi connectivity index (χ1n) is 10.9. The molecule has 5 heteroatoms. The van der Waals surface area contributed by atoms with Crippen LogP contribution in [0.2, 0.25) is 0 Å². The van der Waals surface area contributed by atoms with Crippen LogP contribution in [0.15, 0.2) is 18.2 Å². The Hall–Kier alpha value is -1.75. The molecule has 3 atom stereocenters. The number of methoxy groups -OCH3 is 1. The third-order valence-electron chi connectivity index (χ3n) is 6.52. The summed E-state index contributed by atoms with van der Waals surface area (Å²) in [5.74, 6) is 2.68. The monoisotopic (exact) mass is 402 g/mol. The quantitative estimate of drug-likeness (QED) is 0.677. The van der Waals surface area contributed by atoms with E-state index in [0.29, 0.717) is 31.5 Å². The Labute approximate surface area is 175 Å². The van der Waals surface area contributed by atoms with Crippen LogP contribution in [0.3, 0.4) is 0 Å². The van der Waals surface area contributed by atoms with E-state index in [2.05, 4.69) is 20.8 Å². The topological polar surface area (TPSA) is 59.0 Å². The van der Waals surface area contributed by atoms with Gasteiger partial charge in [-0.05, 0) is 55.7 Å². The highest BCUT2D eigenvalue weighted by molar-refractivity contribution is 5.85. The van der Waals surface area contributed by atoms with Crippen molar-refractivity contribution < 1.29 is 19.4 Å². The largest absolute Gasteiger partial charge is 0.493 e. The summed E-state index contributed by atoms with van der Waals surface area (Å²) < 4.78 is 11.5. The lowest BCUT2D eigenvalue weighted by atomic mass is 9.72. The number of rotatable bonds is 9. The van der Waals surface area contributed by atoms with Gasteiger partial charge in [0.05, 0.1) is 19.8 Å². The van der Waals surface area contributed by atoms with E-state index >= 15 is 0 Å². The molecule has 1 aromatic rings. The van der Waals surface area contributed by atoms with Crippen molar-refractivity contribution in [2.75, 3.05) is 26.8 Å². The van der Waals surface area contributed by atoms with Gasteiger partial charge < -0.3 is 19.5 Å². The van der Waals surface area contributed by atoms with E-state index in [4.69, 9.17) is 9.47 Å². The summed E-state index contributed by atoms with van der Waals surface area (Å²) in [6.07, 6.45) is 4.48. The zero-order valence-electron chi connectivity index (χ0n) is 18.5. The van der Waals surface area contributed by atoms with Crippen molar-refractivity contribution in [2.45, 2.75) is 59.0 Å². The number of nitrogens with zero attached hydrogens (tertiary/aromatic N) is 1. The van der Waals surface area contributed by atoms with Gasteiger partial charge in [-0.25, -0.2) is 0 Å². The molecule has 1 saturated carbocycles. The third-order valence-corrected chi connectivity index (χ3v) is 6.52. The maximum atomic E-state index is 12.7. The first-order valence-corrected chi connectivity index (χ1v) is 10.9. The SMILES string of the molecule is COc1ccc([C@@H]2CN(C(=O)[CH]CC(C)C)C[C@@]2(C)[C@@H](C)O)cc1OCC1CC1. The Morgan fingerprint density at radius 2 is 2.03 bits per heavy atom. The van der Waals surface area contributed by atoms with Gasteiger partial charge >= 0.3 is 0 Å². The van der Waals surface area contributed by atoms with Crippen LogP contribution in [0.5, 0.6) is 11.5 Å². The highest BCUT2D eigenvalue weighted by Gasteiger charge is 2.48. The number of aliphatic hydroxyl groups excluding tert-OH is 1. The first-order chi connectivity index (χ1) is 13.7. The van der Waals surface area contributed by atoms with Gasteiger partial charge in [-0.3, -0.25) is 4.79 Å². The molecule has 3 rings (SSSR count). The Bertz CT molecular complexity index is 713. The fourth-order valence-corrected chi connectivity index (χ4v) is 4.07. The van der Waals surface area contributed by atoms with E-state index < -0.39 is 11.5 Å². The van der Waals surface area contributed by atoms with Crippen LogP contribution in [-0.4, -0.2) is 48.8 Å². The highest BCUT2D eigenvalue weighted by atomic mass is 16.5. The summed E-state index contributed by atoms with van der Waals surface area (Å²) in [4.78, 5) is 14.6. The summed E-state index contributed by atoms with van der Waals surface area (Å²) in [6, 6.07) is 6.02. The second kappa shape index (κ2) is 8.95. The van der Waals surface area contributed by atoms with Crippen molar-refractivity contribution in [1.29, 1.82) is 0 Å². The molecule has 29 heavy (non-hydrogen) atoms. The molecule has 1 aliphatic carbocycles. The molecule has 2 aliphatic rings. The summed E-state index contributed by atoms with van der Waals surface area (Å²) >= 11 is 0. The van der Waals surface area contributed by atoms with Crippen LogP contribution >= 0.6 is 0 Å². The number of hydrogen-bond acceptors (Lipinski definition) is 4. The minimum atomic E-state index is -0.534. The molecule has 1 radical (unpaired) electrons. The van der Waals surface area contributed by atoms with Crippen LogP contribution in [0.1, 0.15) is 58.4 Å². The van der Waals surface area contributed by atoms with Crippen LogP contribution in [0, 0.1) is 23.7 Å². The normalized spacial score (nSPS) is 25.3. The van der Waals surface area contributed by atoms with Crippen molar-refractivity contribution in [2.24, 2.45) is 17.3 Å². The van der Waals surface area contributed by atoms with Crippen molar-refractivity contribution in [1.82, 2.24) is 4.90 Å². The van der Waals surface area contributed by atoms with Gasteiger partial charge in [0.1, 0.15) is 0 Å². The first kappa shape index (κ1) is 21.9. The third kappa shape index (κ3) is 5.06. The van der Waals surface area contributed by atoms with Crippen LogP contribution in [0.25, 0.3) is 0 Å². The molecule has 1 aromatic carbocycles. The molecular weight excluding hydrogens is 366 g/mol. The lowest BCUT2D eigenvalue weighted by molar-refractivity contribution is -0.127. The van der Waals surface area contributed by atoms with E-state index in [0.717, 1.165) is 23.5 Å². The summed E-state index contributed by atoms with van der Waals surface area (Å²) in [7, 11) is 1.65. The highest BCUT2D eigenvalue weighted by Crippen LogP contribution is 2.47. The number of carbonyl (C=O) groups excluding carboxylic acids is 1. The summed E-state index contributed by atoms with van der Waals surface area (Å²) in [5.41, 5.74) is 0.670. The fraction of sp³-hybridized carbons (Fsp3) is 0.667. The van der Waals surface area contributed by atoms with E-state index in [1.807, 2.05) is 30.0 Å². The average molecular weight is 403 g/mol. The standard InChI is InChI=1S/C24H36NO4/c1-16(2)6-11-23(27)25-13-20(24(4,15-25)17(3)26)19-9-10-21(28-5)22(12-19)29-14-18-7-8-18/h9-12,16-18,20,26H,6-8,13-15H2,1-5H3/t17-,20+,24+/m1/s1. The number of amides is 1. The predicted octanol–water partition coefficient (Wildman–Crippen LogP) is 4.05. The second-order valence-corrected chi connectivity index (χ2v) is 9.45. The van der Waals surface area contributed by atoms with Gasteiger partial charge in [0.2, 0.25) is 5.91 Å². The Kier molecular flexibility index (Phi) is 6.77. The molecule has 1 heterocycles. The predicted molar refractivity (Wildman–Crippen MR) is 114 cm³/mol. The van der Waals surface area contributed by atoms with E-state index in [1.54, 1.807) is 13.5 Å². The van der Waals surface area contributed by atoms with Crippen molar-refractivity contribution in [3.63, 3.8) is 0 Å². The average Bonchev–Trinajstić information content (AvgIpc) is 3.44. The molecule has 0 unspecified atom stereocenters. The van der Waals surface area contributed by atoms with E-state index in [1.165, 1.54) is 12.8 Å². The molecule has 0 bridgehead atoms. The molecule has 2 fully saturated rings. The zero-order chi connectivity index (χ0) is 21.2. The number of aliphatic hydroxyl groups is 1. The van der Waals surface area contributed by atoms with Crippen molar-refractivity contribution in [3.8, 4) is 11.5 Å². The molecule has 0 aromatic heterocycles. The smallest absolute Gasteiger partial charge is 0.226 e. The lowest BCUT2D eigenvalue weighted by Crippen LogP contribution is -2.38. The molecule has 161 valence electrons. The van der Waals surface area contributed by atoms with Gasteiger partial charge in [-0.2, -0.15) is 0 Å². The summed E-state index contributed by atoms with van der Waals surface area (Å²) in [5, 5.41) is 10.6. The van der Waals surface area contributed by atoms with E-state index in [9.17, 15) is 9.90 Å². The maximum Gasteiger partial charge on any atom is 0.226 e. The van der Waals surface area contributed by atoms with Crippen LogP contribution < -0.4 is 9.47 Å². The van der Waals surface area contributed by atoms with Gasteiger partial charge in [0, 0.05) is 30.8 Å². The van der Waals surface area contributed by atoms with Crippen molar-refractivity contribution >= 4 is 5.91 Å². The van der Waals surface area contributed by atoms with Gasteiger partial charge in [-0.15, -0.1) is 0 Å². The Balaban J connectivity index is 1.82. The molecule has 1 saturated heterocycles. The number of carbonyl (C=O) groups is 1. The Morgan fingerprint density at radius 1 is 1.31 bits per heavy atom. The molecule has 5 nitrogen and oxygen atoms in total. The van der Waals surface area contributed by atoms with Gasteiger partial charge in [0.25, 0.3) is 0 Å². The van der Waals surface area contributed by atoms with E-state index in [-0.39, 0.29) is 11.8 Å². The summed E-state index contributed by atoms with van der Waals surface area (Å²) in [6.45, 7) is 9.98. The van der Waals surface area contributed by atoms with Crippen LogP contribution in [0.4, 0.5) is 0 Å². The fourth-order valence-electron chi connectivity index (χ4n) is 4.07. The number of likely N-dealkylation sites (tertiary alicyclic amines) is 1. The second-order valence-electron chi connectivity index (χ2n) is 9.45. The van der Waals surface area contributed by atoms with Crippen molar-refractivity contribution in [3.05, 3.63) is 30.2 Å². The molecule has 1 N–H and O–H groups in total. The lowest BCUT2D eigenvalue weighted by Gasteiger charge is -2.33. The van der Waals surface area contributed by atoms with Gasteiger partial charge in [0.15, 0.2) is 11.5 Å². The zero-order valence-corrected chi connectivity index (χ0v) is 18.5. The molecular formula is C24H36NO4. The molecule has 1 aliphatic heterocycles. The van der Waals surface area contributed by atoms with Crippen LogP contribution in [-0.2, 0) is 4.79 Å². The molecule has 0 spiro atoms. The number of benzene rings is 1. The maximum absolute atomic E-state index is 12.7. The Morgan fingerprint density at radius 3 is 2.62 bits per heavy atom. The minimum Gasteiger partial charge on any atom is -0.493 e. The minimum absolute atomic E-state index is 0.0353. The molecule has 1 amide bonds. The number of ether oxygens (including phenoxy) is 2. The number of hydrogen-bond donors (Lipinski definition) is 1. The van der Waals surface area contributed by atoms with Gasteiger partial charge in [-0.1, -0.05) is 26.8 Å².